The predicted molar refractivity (Wildman–Crippen MR) is 112 cm³/mol. The first-order valence-corrected chi connectivity index (χ1v) is 10.2. The first-order valence-electron chi connectivity index (χ1n) is 10.2. The van der Waals surface area contributed by atoms with E-state index < -0.39 is 5.91 Å². The van der Waals surface area contributed by atoms with E-state index in [1.807, 2.05) is 25.5 Å². The van der Waals surface area contributed by atoms with Crippen LogP contribution in [-0.2, 0) is 17.8 Å². The van der Waals surface area contributed by atoms with Crippen molar-refractivity contribution in [1.82, 2.24) is 45.4 Å². The SMILES string of the molecule is CCn1nc(C)c(/C=N/NC(=O)c2nnn(-c3nonc3N)c2CN2CCOCC2)c1C. The van der Waals surface area contributed by atoms with Gasteiger partial charge < -0.3 is 10.5 Å². The highest BCUT2D eigenvalue weighted by molar-refractivity contribution is 5.94. The molecule has 1 aliphatic rings. The van der Waals surface area contributed by atoms with Gasteiger partial charge in [-0.2, -0.15) is 14.9 Å². The number of carbonyl (C=O) groups excluding carboxylic acids is 1. The van der Waals surface area contributed by atoms with Crippen molar-refractivity contribution in [1.29, 1.82) is 0 Å². The Kier molecular flexibility index (Phi) is 6.23. The molecule has 4 rings (SSSR count). The summed E-state index contributed by atoms with van der Waals surface area (Å²) in [5.74, 6) is -0.299. The van der Waals surface area contributed by atoms with Crippen LogP contribution < -0.4 is 11.2 Å². The predicted octanol–water partition coefficient (Wildman–Crippen LogP) is -0.338. The van der Waals surface area contributed by atoms with Gasteiger partial charge in [0.05, 0.1) is 30.8 Å². The van der Waals surface area contributed by atoms with Gasteiger partial charge in [-0.15, -0.1) is 5.10 Å². The molecule has 1 aliphatic heterocycles. The Morgan fingerprint density at radius 2 is 2.06 bits per heavy atom. The second kappa shape index (κ2) is 9.23. The number of nitrogens with two attached hydrogens (primary N) is 1. The Balaban J connectivity index is 1.58. The third-order valence-electron chi connectivity index (χ3n) is 5.25. The van der Waals surface area contributed by atoms with E-state index in [2.05, 4.69) is 45.8 Å². The van der Waals surface area contributed by atoms with Crippen LogP contribution >= 0.6 is 0 Å². The molecule has 3 aromatic heterocycles. The van der Waals surface area contributed by atoms with Crippen molar-refractivity contribution in [3.63, 3.8) is 0 Å². The van der Waals surface area contributed by atoms with Crippen LogP contribution in [0.5, 0.6) is 0 Å². The van der Waals surface area contributed by atoms with Crippen molar-refractivity contribution in [2.45, 2.75) is 33.9 Å². The highest BCUT2D eigenvalue weighted by atomic mass is 16.6. The summed E-state index contributed by atoms with van der Waals surface area (Å²) in [5, 5.41) is 24.0. The summed E-state index contributed by atoms with van der Waals surface area (Å²) in [5.41, 5.74) is 11.6. The lowest BCUT2D eigenvalue weighted by Gasteiger charge is -2.26. The minimum atomic E-state index is -0.510. The van der Waals surface area contributed by atoms with E-state index in [4.69, 9.17) is 10.5 Å². The van der Waals surface area contributed by atoms with Crippen molar-refractivity contribution in [2.75, 3.05) is 32.0 Å². The van der Waals surface area contributed by atoms with E-state index in [9.17, 15) is 4.79 Å². The van der Waals surface area contributed by atoms with Gasteiger partial charge in [0, 0.05) is 37.4 Å². The van der Waals surface area contributed by atoms with Gasteiger partial charge in [0.2, 0.25) is 11.6 Å². The fraction of sp³-hybridized carbons (Fsp3) is 0.500. The van der Waals surface area contributed by atoms with Crippen molar-refractivity contribution in [2.24, 2.45) is 5.10 Å². The number of rotatable bonds is 7. The number of aryl methyl sites for hydroxylation is 2. The molecule has 4 heterocycles. The van der Waals surface area contributed by atoms with Crippen molar-refractivity contribution in [3.8, 4) is 5.82 Å². The molecule has 0 bridgehead atoms. The Bertz CT molecular complexity index is 1120. The summed E-state index contributed by atoms with van der Waals surface area (Å²) in [7, 11) is 0. The highest BCUT2D eigenvalue weighted by Crippen LogP contribution is 2.18. The van der Waals surface area contributed by atoms with Crippen LogP contribution in [-0.4, -0.2) is 78.4 Å². The lowest BCUT2D eigenvalue weighted by molar-refractivity contribution is 0.0332. The number of nitrogen functional groups attached to an aromatic ring is 1. The fourth-order valence-electron chi connectivity index (χ4n) is 3.51. The number of carbonyl (C=O) groups is 1. The molecule has 3 N–H and O–H groups in total. The molecule has 3 aromatic rings. The Morgan fingerprint density at radius 3 is 2.72 bits per heavy atom. The number of amides is 1. The van der Waals surface area contributed by atoms with Gasteiger partial charge in [0.15, 0.2) is 5.69 Å². The number of hydrogen-bond donors (Lipinski definition) is 2. The van der Waals surface area contributed by atoms with E-state index in [1.165, 1.54) is 4.68 Å². The Hall–Kier alpha value is -3.65. The molecule has 0 unspecified atom stereocenters. The minimum Gasteiger partial charge on any atom is -0.379 e. The molecular weight excluding hydrogens is 418 g/mol. The lowest BCUT2D eigenvalue weighted by Crippen LogP contribution is -2.37. The number of hydrazone groups is 1. The summed E-state index contributed by atoms with van der Waals surface area (Å²) in [6.45, 7) is 9.61. The molecule has 0 aromatic carbocycles. The van der Waals surface area contributed by atoms with Crippen LogP contribution in [0.3, 0.4) is 0 Å². The fourth-order valence-corrected chi connectivity index (χ4v) is 3.51. The third-order valence-corrected chi connectivity index (χ3v) is 5.25. The van der Waals surface area contributed by atoms with Crippen molar-refractivity contribution in [3.05, 3.63) is 28.3 Å². The average molecular weight is 443 g/mol. The smallest absolute Gasteiger partial charge is 0.293 e. The Labute approximate surface area is 183 Å². The van der Waals surface area contributed by atoms with Crippen LogP contribution in [0, 0.1) is 13.8 Å². The number of nitrogens with zero attached hydrogens (tertiary/aromatic N) is 9. The van der Waals surface area contributed by atoms with Crippen LogP contribution in [0.4, 0.5) is 5.82 Å². The van der Waals surface area contributed by atoms with Gasteiger partial charge in [-0.1, -0.05) is 5.21 Å². The first kappa shape index (κ1) is 21.6. The van der Waals surface area contributed by atoms with E-state index >= 15 is 0 Å². The van der Waals surface area contributed by atoms with Crippen LogP contribution in [0.25, 0.3) is 5.82 Å². The molecule has 32 heavy (non-hydrogen) atoms. The van der Waals surface area contributed by atoms with Gasteiger partial charge in [0.1, 0.15) is 0 Å². The molecule has 0 saturated carbocycles. The van der Waals surface area contributed by atoms with Crippen LogP contribution in [0.2, 0.25) is 0 Å². The van der Waals surface area contributed by atoms with Crippen molar-refractivity contribution < 1.29 is 14.2 Å². The van der Waals surface area contributed by atoms with E-state index in [-0.39, 0.29) is 17.3 Å². The molecule has 14 heteroatoms. The molecule has 170 valence electrons. The molecule has 0 aliphatic carbocycles. The van der Waals surface area contributed by atoms with Crippen LogP contribution in [0.1, 0.15) is 40.1 Å². The maximum atomic E-state index is 12.9. The second-order valence-corrected chi connectivity index (χ2v) is 7.26. The second-order valence-electron chi connectivity index (χ2n) is 7.26. The largest absolute Gasteiger partial charge is 0.379 e. The number of anilines is 1. The van der Waals surface area contributed by atoms with Crippen molar-refractivity contribution >= 4 is 17.9 Å². The normalized spacial score (nSPS) is 15.0. The zero-order valence-corrected chi connectivity index (χ0v) is 18.1. The lowest BCUT2D eigenvalue weighted by atomic mass is 10.2. The number of morpholine rings is 1. The monoisotopic (exact) mass is 443 g/mol. The molecule has 0 atom stereocenters. The van der Waals surface area contributed by atoms with Crippen LogP contribution in [0.15, 0.2) is 9.73 Å². The number of aromatic nitrogens is 7. The zero-order chi connectivity index (χ0) is 22.7. The molecule has 1 saturated heterocycles. The maximum absolute atomic E-state index is 12.9. The summed E-state index contributed by atoms with van der Waals surface area (Å²) in [6.07, 6.45) is 1.58. The van der Waals surface area contributed by atoms with Gasteiger partial charge in [0.25, 0.3) is 5.91 Å². The van der Waals surface area contributed by atoms with Gasteiger partial charge >= 0.3 is 0 Å². The van der Waals surface area contributed by atoms with E-state index in [1.54, 1.807) is 6.21 Å². The molecule has 1 amide bonds. The maximum Gasteiger partial charge on any atom is 0.293 e. The van der Waals surface area contributed by atoms with Gasteiger partial charge in [-0.3, -0.25) is 14.4 Å². The summed E-state index contributed by atoms with van der Waals surface area (Å²) < 4.78 is 13.3. The standard InChI is InChI=1S/C18H25N11O3/c1-4-28-12(3)13(11(2)23-28)9-20-22-18(30)15-14(10-27-5-7-31-8-6-27)29(26-21-15)17-16(19)24-32-25-17/h9H,4-8,10H2,1-3H3,(H2,19,24)(H,22,30)/b20-9+. The molecular formula is C18H25N11O3. The van der Waals surface area contributed by atoms with Gasteiger partial charge in [-0.25, -0.2) is 10.1 Å². The molecule has 0 spiro atoms. The number of ether oxygens (including phenoxy) is 1. The summed E-state index contributed by atoms with van der Waals surface area (Å²) >= 11 is 0. The van der Waals surface area contributed by atoms with E-state index in [0.29, 0.717) is 38.5 Å². The van der Waals surface area contributed by atoms with E-state index in [0.717, 1.165) is 23.5 Å². The molecule has 14 nitrogen and oxygen atoms in total. The average Bonchev–Trinajstić information content (AvgIpc) is 3.47. The number of nitrogens with one attached hydrogen (secondary N) is 1. The topological polar surface area (TPSA) is 167 Å². The third kappa shape index (κ3) is 4.22. The number of hydrogen-bond acceptors (Lipinski definition) is 11. The summed E-state index contributed by atoms with van der Waals surface area (Å²) in [6, 6.07) is 0. The highest BCUT2D eigenvalue weighted by Gasteiger charge is 2.26. The quantitative estimate of drug-likeness (QED) is 0.364. The Morgan fingerprint density at radius 1 is 1.28 bits per heavy atom. The van der Waals surface area contributed by atoms with Gasteiger partial charge in [-0.05, 0) is 31.1 Å². The minimum absolute atomic E-state index is 0.0435. The summed E-state index contributed by atoms with van der Waals surface area (Å²) in [4.78, 5) is 15.0. The zero-order valence-electron chi connectivity index (χ0n) is 18.1. The molecule has 0 radical (unpaired) electrons. The molecule has 1 fully saturated rings. The first-order chi connectivity index (χ1) is 15.5.